The standard InChI is InChI=1S/C13H20N2O/c1-4-7-13(2,3)12(16)15-10-11-5-8-14-9-6-11/h5-6,8-9H,4,7,10H2,1-3H3,(H,15,16). The molecule has 0 aromatic carbocycles. The molecule has 0 saturated carbocycles. The summed E-state index contributed by atoms with van der Waals surface area (Å²) in [6, 6.07) is 3.82. The van der Waals surface area contributed by atoms with Crippen LogP contribution < -0.4 is 5.32 Å². The van der Waals surface area contributed by atoms with Crippen molar-refractivity contribution in [2.24, 2.45) is 5.41 Å². The summed E-state index contributed by atoms with van der Waals surface area (Å²) in [6.45, 7) is 6.64. The first-order valence-electron chi connectivity index (χ1n) is 5.73. The van der Waals surface area contributed by atoms with Gasteiger partial charge in [0.15, 0.2) is 0 Å². The van der Waals surface area contributed by atoms with Gasteiger partial charge in [-0.25, -0.2) is 0 Å². The summed E-state index contributed by atoms with van der Waals surface area (Å²) >= 11 is 0. The van der Waals surface area contributed by atoms with Crippen LogP contribution in [0, 0.1) is 5.41 Å². The zero-order chi connectivity index (χ0) is 12.0. The summed E-state index contributed by atoms with van der Waals surface area (Å²) in [5.41, 5.74) is 0.803. The van der Waals surface area contributed by atoms with Gasteiger partial charge in [-0.3, -0.25) is 9.78 Å². The molecule has 1 amide bonds. The zero-order valence-electron chi connectivity index (χ0n) is 10.3. The van der Waals surface area contributed by atoms with Gasteiger partial charge in [-0.1, -0.05) is 27.2 Å². The second-order valence-corrected chi connectivity index (χ2v) is 4.67. The number of hydrogen-bond acceptors (Lipinski definition) is 2. The Morgan fingerprint density at radius 3 is 2.56 bits per heavy atom. The molecular weight excluding hydrogens is 200 g/mol. The lowest BCUT2D eigenvalue weighted by Gasteiger charge is -2.22. The Balaban J connectivity index is 2.47. The molecular formula is C13H20N2O. The largest absolute Gasteiger partial charge is 0.352 e. The molecule has 0 atom stereocenters. The molecule has 1 rings (SSSR count). The van der Waals surface area contributed by atoms with Gasteiger partial charge in [0.25, 0.3) is 0 Å². The Hall–Kier alpha value is -1.38. The lowest BCUT2D eigenvalue weighted by molar-refractivity contribution is -0.129. The van der Waals surface area contributed by atoms with Crippen LogP contribution in [0.2, 0.25) is 0 Å². The van der Waals surface area contributed by atoms with Gasteiger partial charge in [0.2, 0.25) is 5.91 Å². The number of nitrogens with zero attached hydrogens (tertiary/aromatic N) is 1. The Kier molecular flexibility index (Phi) is 4.47. The van der Waals surface area contributed by atoms with Crippen molar-refractivity contribution in [1.29, 1.82) is 0 Å². The fourth-order valence-corrected chi connectivity index (χ4v) is 1.66. The van der Waals surface area contributed by atoms with Crippen LogP contribution >= 0.6 is 0 Å². The Morgan fingerprint density at radius 2 is 2.00 bits per heavy atom. The minimum atomic E-state index is -0.276. The Bertz CT molecular complexity index is 333. The fourth-order valence-electron chi connectivity index (χ4n) is 1.66. The smallest absolute Gasteiger partial charge is 0.225 e. The zero-order valence-corrected chi connectivity index (χ0v) is 10.3. The first-order chi connectivity index (χ1) is 7.56. The first-order valence-corrected chi connectivity index (χ1v) is 5.73. The molecule has 88 valence electrons. The number of aromatic nitrogens is 1. The molecule has 16 heavy (non-hydrogen) atoms. The molecule has 0 aliphatic heterocycles. The van der Waals surface area contributed by atoms with Gasteiger partial charge in [-0.05, 0) is 24.1 Å². The highest BCUT2D eigenvalue weighted by molar-refractivity contribution is 5.81. The SMILES string of the molecule is CCCC(C)(C)C(=O)NCc1ccncc1. The minimum absolute atomic E-state index is 0.117. The molecule has 0 saturated heterocycles. The predicted molar refractivity (Wildman–Crippen MR) is 64.8 cm³/mol. The molecule has 0 unspecified atom stereocenters. The highest BCUT2D eigenvalue weighted by Gasteiger charge is 2.25. The van der Waals surface area contributed by atoms with E-state index in [1.54, 1.807) is 12.4 Å². The van der Waals surface area contributed by atoms with E-state index < -0.39 is 0 Å². The average Bonchev–Trinajstić information content (AvgIpc) is 2.27. The van der Waals surface area contributed by atoms with Crippen LogP contribution in [0.5, 0.6) is 0 Å². The van der Waals surface area contributed by atoms with Crippen LogP contribution in [0.3, 0.4) is 0 Å². The van der Waals surface area contributed by atoms with Crippen LogP contribution in [-0.4, -0.2) is 10.9 Å². The summed E-state index contributed by atoms with van der Waals surface area (Å²) in [5, 5.41) is 2.96. The van der Waals surface area contributed by atoms with E-state index in [9.17, 15) is 4.79 Å². The maximum Gasteiger partial charge on any atom is 0.225 e. The molecule has 0 aliphatic rings. The second-order valence-electron chi connectivity index (χ2n) is 4.67. The van der Waals surface area contributed by atoms with E-state index in [1.165, 1.54) is 0 Å². The Morgan fingerprint density at radius 1 is 1.38 bits per heavy atom. The third-order valence-corrected chi connectivity index (χ3v) is 2.69. The van der Waals surface area contributed by atoms with Crippen molar-refractivity contribution in [1.82, 2.24) is 10.3 Å². The topological polar surface area (TPSA) is 42.0 Å². The third kappa shape index (κ3) is 3.65. The lowest BCUT2D eigenvalue weighted by atomic mass is 9.87. The number of rotatable bonds is 5. The normalized spacial score (nSPS) is 11.2. The highest BCUT2D eigenvalue weighted by Crippen LogP contribution is 2.22. The maximum atomic E-state index is 11.9. The van der Waals surface area contributed by atoms with E-state index in [1.807, 2.05) is 26.0 Å². The summed E-state index contributed by atoms with van der Waals surface area (Å²) in [6.07, 6.45) is 5.40. The molecule has 1 N–H and O–H groups in total. The first kappa shape index (κ1) is 12.7. The summed E-state index contributed by atoms with van der Waals surface area (Å²) in [4.78, 5) is 15.8. The van der Waals surface area contributed by atoms with Gasteiger partial charge in [0.1, 0.15) is 0 Å². The molecule has 0 bridgehead atoms. The summed E-state index contributed by atoms with van der Waals surface area (Å²) < 4.78 is 0. The quantitative estimate of drug-likeness (QED) is 0.828. The van der Waals surface area contributed by atoms with Crippen LogP contribution in [0.25, 0.3) is 0 Å². The molecule has 3 heteroatoms. The molecule has 0 fully saturated rings. The van der Waals surface area contributed by atoms with E-state index in [-0.39, 0.29) is 11.3 Å². The van der Waals surface area contributed by atoms with Crippen molar-refractivity contribution in [3.63, 3.8) is 0 Å². The number of carbonyl (C=O) groups is 1. The van der Waals surface area contributed by atoms with Gasteiger partial charge in [-0.2, -0.15) is 0 Å². The number of amides is 1. The molecule has 0 radical (unpaired) electrons. The van der Waals surface area contributed by atoms with Gasteiger partial charge >= 0.3 is 0 Å². The predicted octanol–water partition coefficient (Wildman–Crippen LogP) is 2.52. The average molecular weight is 220 g/mol. The van der Waals surface area contributed by atoms with Crippen LogP contribution in [0.4, 0.5) is 0 Å². The third-order valence-electron chi connectivity index (χ3n) is 2.69. The molecule has 1 heterocycles. The monoisotopic (exact) mass is 220 g/mol. The van der Waals surface area contributed by atoms with E-state index in [4.69, 9.17) is 0 Å². The van der Waals surface area contributed by atoms with E-state index >= 15 is 0 Å². The van der Waals surface area contributed by atoms with Crippen molar-refractivity contribution in [2.75, 3.05) is 0 Å². The lowest BCUT2D eigenvalue weighted by Crippen LogP contribution is -2.36. The molecule has 0 spiro atoms. The van der Waals surface area contributed by atoms with Crippen molar-refractivity contribution in [2.45, 2.75) is 40.2 Å². The van der Waals surface area contributed by atoms with Gasteiger partial charge in [0, 0.05) is 24.4 Å². The molecule has 0 aliphatic carbocycles. The number of nitrogens with one attached hydrogen (secondary N) is 1. The highest BCUT2D eigenvalue weighted by atomic mass is 16.2. The van der Waals surface area contributed by atoms with Gasteiger partial charge < -0.3 is 5.32 Å². The van der Waals surface area contributed by atoms with Crippen molar-refractivity contribution < 1.29 is 4.79 Å². The second kappa shape index (κ2) is 5.64. The number of carbonyl (C=O) groups excluding carboxylic acids is 1. The van der Waals surface area contributed by atoms with Crippen LogP contribution in [0.15, 0.2) is 24.5 Å². The van der Waals surface area contributed by atoms with Crippen molar-refractivity contribution in [3.05, 3.63) is 30.1 Å². The van der Waals surface area contributed by atoms with Crippen molar-refractivity contribution in [3.8, 4) is 0 Å². The molecule has 1 aromatic rings. The minimum Gasteiger partial charge on any atom is -0.352 e. The Labute approximate surface area is 97.3 Å². The maximum absolute atomic E-state index is 11.9. The van der Waals surface area contributed by atoms with Crippen molar-refractivity contribution >= 4 is 5.91 Å². The summed E-state index contributed by atoms with van der Waals surface area (Å²) in [7, 11) is 0. The van der Waals surface area contributed by atoms with E-state index in [0.29, 0.717) is 6.54 Å². The van der Waals surface area contributed by atoms with E-state index in [0.717, 1.165) is 18.4 Å². The van der Waals surface area contributed by atoms with Crippen LogP contribution in [0.1, 0.15) is 39.2 Å². The molecule has 3 nitrogen and oxygen atoms in total. The van der Waals surface area contributed by atoms with Crippen LogP contribution in [-0.2, 0) is 11.3 Å². The number of pyridine rings is 1. The fraction of sp³-hybridized carbons (Fsp3) is 0.538. The summed E-state index contributed by atoms with van der Waals surface area (Å²) in [5.74, 6) is 0.117. The van der Waals surface area contributed by atoms with Gasteiger partial charge in [0.05, 0.1) is 0 Å². The number of hydrogen-bond donors (Lipinski definition) is 1. The molecule has 1 aromatic heterocycles. The van der Waals surface area contributed by atoms with E-state index in [2.05, 4.69) is 17.2 Å². The van der Waals surface area contributed by atoms with Gasteiger partial charge in [-0.15, -0.1) is 0 Å².